The zero-order valence-electron chi connectivity index (χ0n) is 16.6. The van der Waals surface area contributed by atoms with Gasteiger partial charge in [-0.15, -0.1) is 11.8 Å². The number of amides is 2. The Hall–Kier alpha value is -3.16. The predicted octanol–water partition coefficient (Wildman–Crippen LogP) is 4.60. The molecule has 2 amide bonds. The fourth-order valence-electron chi connectivity index (χ4n) is 4.22. The second kappa shape index (κ2) is 7.83. The predicted molar refractivity (Wildman–Crippen MR) is 117 cm³/mol. The molecule has 2 aliphatic heterocycles. The third-order valence-electron chi connectivity index (χ3n) is 5.68. The molecule has 3 aromatic rings. The Bertz CT molecular complexity index is 1140. The summed E-state index contributed by atoms with van der Waals surface area (Å²) in [6, 6.07) is 22.5. The normalized spacial score (nSPS) is 22.8. The first kappa shape index (κ1) is 19.8. The number of anilines is 2. The summed E-state index contributed by atoms with van der Waals surface area (Å²) in [4.78, 5) is 34.7. The number of imide groups is 1. The highest BCUT2D eigenvalue weighted by molar-refractivity contribution is 7.98. The van der Waals surface area contributed by atoms with Crippen molar-refractivity contribution in [3.63, 3.8) is 0 Å². The molecule has 2 fully saturated rings. The maximum atomic E-state index is 14.4. The average Bonchev–Trinajstić information content (AvgIpc) is 3.31. The van der Waals surface area contributed by atoms with Crippen molar-refractivity contribution in [2.75, 3.05) is 16.2 Å². The molecular formula is C24H19FN2O3S. The number of benzene rings is 3. The van der Waals surface area contributed by atoms with Gasteiger partial charge < -0.3 is 0 Å². The van der Waals surface area contributed by atoms with Gasteiger partial charge >= 0.3 is 0 Å². The number of thioether (sulfide) groups is 1. The highest BCUT2D eigenvalue weighted by Gasteiger charge is 2.60. The van der Waals surface area contributed by atoms with Crippen LogP contribution in [0.1, 0.15) is 11.6 Å². The molecule has 0 saturated carbocycles. The maximum absolute atomic E-state index is 14.4. The molecule has 0 radical (unpaired) electrons. The third kappa shape index (κ3) is 3.21. The van der Waals surface area contributed by atoms with Crippen molar-refractivity contribution in [3.8, 4) is 0 Å². The van der Waals surface area contributed by atoms with Crippen molar-refractivity contribution in [3.05, 3.63) is 90.2 Å². The van der Waals surface area contributed by atoms with Crippen molar-refractivity contribution in [2.24, 2.45) is 5.92 Å². The van der Waals surface area contributed by atoms with E-state index >= 15 is 0 Å². The van der Waals surface area contributed by atoms with Gasteiger partial charge in [0.05, 0.1) is 17.4 Å². The minimum atomic E-state index is -1.02. The molecule has 5 nitrogen and oxygen atoms in total. The zero-order chi connectivity index (χ0) is 21.5. The first-order valence-corrected chi connectivity index (χ1v) is 11.1. The van der Waals surface area contributed by atoms with Crippen LogP contribution in [0.3, 0.4) is 0 Å². The number of fused-ring (bicyclic) bond motifs is 1. The molecule has 0 N–H and O–H groups in total. The lowest BCUT2D eigenvalue weighted by Crippen LogP contribution is -2.37. The molecule has 0 bridgehead atoms. The van der Waals surface area contributed by atoms with Gasteiger partial charge in [-0.25, -0.2) is 14.4 Å². The van der Waals surface area contributed by atoms with Gasteiger partial charge in [-0.05, 0) is 48.2 Å². The number of rotatable bonds is 4. The van der Waals surface area contributed by atoms with Gasteiger partial charge in [0.1, 0.15) is 11.7 Å². The second-order valence-corrected chi connectivity index (χ2v) is 8.27. The van der Waals surface area contributed by atoms with Crippen LogP contribution in [-0.2, 0) is 14.4 Å². The lowest BCUT2D eigenvalue weighted by Gasteiger charge is -2.29. The quantitative estimate of drug-likeness (QED) is 0.444. The van der Waals surface area contributed by atoms with Crippen molar-refractivity contribution < 1.29 is 18.8 Å². The van der Waals surface area contributed by atoms with Crippen LogP contribution in [-0.4, -0.2) is 24.2 Å². The molecule has 3 aromatic carbocycles. The van der Waals surface area contributed by atoms with Gasteiger partial charge in [-0.3, -0.25) is 14.4 Å². The van der Waals surface area contributed by atoms with Gasteiger partial charge in [0.2, 0.25) is 5.91 Å². The monoisotopic (exact) mass is 434 g/mol. The van der Waals surface area contributed by atoms with E-state index in [0.29, 0.717) is 0 Å². The number of hydrogen-bond donors (Lipinski definition) is 0. The molecule has 0 aromatic heterocycles. The van der Waals surface area contributed by atoms with Crippen LogP contribution in [0.4, 0.5) is 15.8 Å². The Morgan fingerprint density at radius 1 is 0.871 bits per heavy atom. The largest absolute Gasteiger partial charge is 0.273 e. The number of para-hydroxylation sites is 2. The molecule has 7 heteroatoms. The summed E-state index contributed by atoms with van der Waals surface area (Å²) in [6.07, 6.45) is 0.975. The van der Waals surface area contributed by atoms with Crippen molar-refractivity contribution in [1.29, 1.82) is 0 Å². The Kier molecular flexibility index (Phi) is 5.00. The first-order valence-electron chi connectivity index (χ1n) is 9.87. The molecule has 2 heterocycles. The molecule has 31 heavy (non-hydrogen) atoms. The fourth-order valence-corrected chi connectivity index (χ4v) is 4.63. The minimum Gasteiger partial charge on any atom is -0.273 e. The Morgan fingerprint density at radius 3 is 2.23 bits per heavy atom. The summed E-state index contributed by atoms with van der Waals surface area (Å²) in [5.74, 6) is -2.42. The van der Waals surface area contributed by atoms with Crippen molar-refractivity contribution >= 4 is 35.0 Å². The van der Waals surface area contributed by atoms with E-state index in [1.165, 1.54) is 18.2 Å². The summed E-state index contributed by atoms with van der Waals surface area (Å²) in [5.41, 5.74) is 1.55. The van der Waals surface area contributed by atoms with E-state index in [0.717, 1.165) is 21.0 Å². The summed E-state index contributed by atoms with van der Waals surface area (Å²) in [7, 11) is 0. The second-order valence-electron chi connectivity index (χ2n) is 7.39. The molecule has 0 spiro atoms. The molecule has 3 atom stereocenters. The molecular weight excluding hydrogens is 415 g/mol. The first-order chi connectivity index (χ1) is 15.1. The fraction of sp³-hybridized carbons (Fsp3) is 0.167. The summed E-state index contributed by atoms with van der Waals surface area (Å²) < 4.78 is 14.4. The highest BCUT2D eigenvalue weighted by Crippen LogP contribution is 2.47. The van der Waals surface area contributed by atoms with Crippen LogP contribution >= 0.6 is 11.8 Å². The Labute approximate surface area is 183 Å². The van der Waals surface area contributed by atoms with E-state index in [9.17, 15) is 14.0 Å². The SMILES string of the molecule is CSc1ccc([C@@H]2[C@H]3C(=O)N(c4ccccc4F)C(=O)[C@@H]3ON2c2ccccc2)cc1. The van der Waals surface area contributed by atoms with Crippen LogP contribution in [0.5, 0.6) is 0 Å². The standard InChI is InChI=1S/C24H19FN2O3S/c1-31-17-13-11-15(12-14-17)21-20-22(30-27(21)16-7-3-2-4-8-16)24(29)26(23(20)28)19-10-6-5-9-18(19)25/h2-14,20-22H,1H3/t20-,21-,22-/m1/s1. The maximum Gasteiger partial charge on any atom is 0.266 e. The van der Waals surface area contributed by atoms with Gasteiger partial charge in [-0.2, -0.15) is 0 Å². The number of carbonyl (C=O) groups is 2. The van der Waals surface area contributed by atoms with Gasteiger partial charge in [0.25, 0.3) is 5.91 Å². The Balaban J connectivity index is 1.59. The summed E-state index contributed by atoms with van der Waals surface area (Å²) in [6.45, 7) is 0. The van der Waals surface area contributed by atoms with Crippen LogP contribution in [0.15, 0.2) is 83.8 Å². The number of halogens is 1. The average molecular weight is 434 g/mol. The molecule has 2 saturated heterocycles. The van der Waals surface area contributed by atoms with Crippen molar-refractivity contribution in [1.82, 2.24) is 0 Å². The third-order valence-corrected chi connectivity index (χ3v) is 6.42. The molecule has 156 valence electrons. The van der Waals surface area contributed by atoms with E-state index in [4.69, 9.17) is 4.84 Å². The van der Waals surface area contributed by atoms with Gasteiger partial charge in [-0.1, -0.05) is 42.5 Å². The van der Waals surface area contributed by atoms with E-state index in [2.05, 4.69) is 0 Å². The van der Waals surface area contributed by atoms with Gasteiger partial charge in [0.15, 0.2) is 6.10 Å². The molecule has 2 aliphatic rings. The van der Waals surface area contributed by atoms with Crippen LogP contribution in [0.25, 0.3) is 0 Å². The number of hydroxylamine groups is 1. The van der Waals surface area contributed by atoms with E-state index in [1.807, 2.05) is 60.9 Å². The van der Waals surface area contributed by atoms with E-state index in [1.54, 1.807) is 22.9 Å². The van der Waals surface area contributed by atoms with Crippen LogP contribution < -0.4 is 9.96 Å². The minimum absolute atomic E-state index is 0.0433. The highest BCUT2D eigenvalue weighted by atomic mass is 32.2. The molecule has 0 aliphatic carbocycles. The van der Waals surface area contributed by atoms with Crippen LogP contribution in [0.2, 0.25) is 0 Å². The number of nitrogens with zero attached hydrogens (tertiary/aromatic N) is 2. The topological polar surface area (TPSA) is 49.9 Å². The number of hydrogen-bond acceptors (Lipinski definition) is 5. The van der Waals surface area contributed by atoms with Crippen molar-refractivity contribution in [2.45, 2.75) is 17.0 Å². The molecule has 0 unspecified atom stereocenters. The van der Waals surface area contributed by atoms with Crippen LogP contribution in [0, 0.1) is 11.7 Å². The summed E-state index contributed by atoms with van der Waals surface area (Å²) in [5, 5.41) is 1.64. The van der Waals surface area contributed by atoms with Gasteiger partial charge in [0, 0.05) is 4.90 Å². The zero-order valence-corrected chi connectivity index (χ0v) is 17.5. The molecule has 5 rings (SSSR count). The smallest absolute Gasteiger partial charge is 0.266 e. The number of carbonyl (C=O) groups excluding carboxylic acids is 2. The summed E-state index contributed by atoms with van der Waals surface area (Å²) >= 11 is 1.62. The lowest BCUT2D eigenvalue weighted by molar-refractivity contribution is -0.126. The Morgan fingerprint density at radius 2 is 1.55 bits per heavy atom. The lowest BCUT2D eigenvalue weighted by atomic mass is 9.90. The van der Waals surface area contributed by atoms with E-state index in [-0.39, 0.29) is 5.69 Å². The van der Waals surface area contributed by atoms with E-state index < -0.39 is 35.7 Å².